The van der Waals surface area contributed by atoms with Gasteiger partial charge in [0.15, 0.2) is 0 Å². The molecule has 7 heteroatoms. The molecule has 0 unspecified atom stereocenters. The van der Waals surface area contributed by atoms with Crippen molar-refractivity contribution in [2.75, 3.05) is 7.11 Å². The first-order valence-corrected chi connectivity index (χ1v) is 6.95. The molecule has 5 nitrogen and oxygen atoms in total. The maximum atomic E-state index is 13.1. The normalized spacial score (nSPS) is 10.5. The Morgan fingerprint density at radius 3 is 2.68 bits per heavy atom. The molecule has 1 aromatic carbocycles. The van der Waals surface area contributed by atoms with Gasteiger partial charge in [-0.25, -0.2) is 14.2 Å². The van der Waals surface area contributed by atoms with Crippen LogP contribution >= 0.6 is 11.6 Å². The van der Waals surface area contributed by atoms with Crippen molar-refractivity contribution >= 4 is 17.6 Å². The largest absolute Gasteiger partial charge is 0.481 e. The topological polar surface area (TPSA) is 72.3 Å². The number of carboxylic acids is 1. The number of halogens is 2. The molecule has 0 saturated heterocycles. The van der Waals surface area contributed by atoms with Crippen LogP contribution in [-0.2, 0) is 12.8 Å². The first kappa shape index (κ1) is 16.2. The van der Waals surface area contributed by atoms with Crippen molar-refractivity contribution in [1.29, 1.82) is 0 Å². The van der Waals surface area contributed by atoms with Crippen molar-refractivity contribution in [2.24, 2.45) is 0 Å². The molecule has 0 aliphatic carbocycles. The highest BCUT2D eigenvalue weighted by Crippen LogP contribution is 2.27. The summed E-state index contributed by atoms with van der Waals surface area (Å²) in [5.74, 6) is -1.78. The second-order valence-electron chi connectivity index (χ2n) is 4.55. The maximum Gasteiger partial charge on any atom is 0.374 e. The predicted octanol–water partition coefficient (Wildman–Crippen LogP) is 3.13. The number of ether oxygens (including phenoxy) is 1. The summed E-state index contributed by atoms with van der Waals surface area (Å²) in [6, 6.07) is 4.11. The molecule has 0 bridgehead atoms. The summed E-state index contributed by atoms with van der Waals surface area (Å²) in [5, 5.41) is 9.32. The Balaban J connectivity index is 2.51. The van der Waals surface area contributed by atoms with Crippen LogP contribution in [0.15, 0.2) is 18.2 Å². The van der Waals surface area contributed by atoms with E-state index in [4.69, 9.17) is 21.4 Å². The van der Waals surface area contributed by atoms with E-state index in [1.54, 1.807) is 6.07 Å². The standard InChI is InChI=1S/C15H14ClFN2O3/c1-3-12-10(6-8-4-5-9(17)7-11(8)16)14(22-2)19-13(18-12)15(20)21/h4-5,7H,3,6H2,1-2H3,(H,20,21). The highest BCUT2D eigenvalue weighted by Gasteiger charge is 2.19. The number of carboxylic acid groups (broad SMARTS) is 1. The Bertz CT molecular complexity index is 697. The van der Waals surface area contributed by atoms with E-state index < -0.39 is 11.8 Å². The van der Waals surface area contributed by atoms with Gasteiger partial charge in [-0.3, -0.25) is 0 Å². The van der Waals surface area contributed by atoms with Crippen molar-refractivity contribution in [3.05, 3.63) is 51.7 Å². The molecule has 1 N–H and O–H groups in total. The first-order chi connectivity index (χ1) is 10.5. The summed E-state index contributed by atoms with van der Waals surface area (Å²) < 4.78 is 18.3. The van der Waals surface area contributed by atoms with E-state index in [1.807, 2.05) is 6.92 Å². The van der Waals surface area contributed by atoms with Gasteiger partial charge < -0.3 is 9.84 Å². The molecule has 0 fully saturated rings. The fraction of sp³-hybridized carbons (Fsp3) is 0.267. The average Bonchev–Trinajstić information content (AvgIpc) is 2.49. The Hall–Kier alpha value is -2.21. The Kier molecular flexibility index (Phi) is 4.92. The number of methoxy groups -OCH3 is 1. The third-order valence-electron chi connectivity index (χ3n) is 3.16. The van der Waals surface area contributed by atoms with E-state index in [0.717, 1.165) is 0 Å². The molecule has 0 radical (unpaired) electrons. The predicted molar refractivity (Wildman–Crippen MR) is 79.1 cm³/mol. The van der Waals surface area contributed by atoms with Crippen LogP contribution in [0.1, 0.15) is 34.4 Å². The van der Waals surface area contributed by atoms with E-state index in [1.165, 1.54) is 19.2 Å². The van der Waals surface area contributed by atoms with Gasteiger partial charge in [-0.05, 0) is 24.1 Å². The molecule has 0 aliphatic heterocycles. The van der Waals surface area contributed by atoms with Gasteiger partial charge in [-0.15, -0.1) is 0 Å². The zero-order valence-corrected chi connectivity index (χ0v) is 12.8. The lowest BCUT2D eigenvalue weighted by atomic mass is 10.0. The molecule has 116 valence electrons. The SMILES string of the molecule is CCc1nc(C(=O)O)nc(OC)c1Cc1ccc(F)cc1Cl. The Morgan fingerprint density at radius 2 is 2.14 bits per heavy atom. The fourth-order valence-electron chi connectivity index (χ4n) is 2.10. The van der Waals surface area contributed by atoms with Crippen molar-refractivity contribution < 1.29 is 19.0 Å². The third-order valence-corrected chi connectivity index (χ3v) is 3.51. The summed E-state index contributed by atoms with van der Waals surface area (Å²) in [6.45, 7) is 1.85. The number of carbonyl (C=O) groups is 1. The van der Waals surface area contributed by atoms with Crippen molar-refractivity contribution in [3.63, 3.8) is 0 Å². The van der Waals surface area contributed by atoms with Crippen molar-refractivity contribution in [2.45, 2.75) is 19.8 Å². The quantitative estimate of drug-likeness (QED) is 0.914. The maximum absolute atomic E-state index is 13.1. The van der Waals surface area contributed by atoms with Crippen LogP contribution in [-0.4, -0.2) is 28.2 Å². The summed E-state index contributed by atoms with van der Waals surface area (Å²) in [6.07, 6.45) is 0.832. The van der Waals surface area contributed by atoms with Gasteiger partial charge in [0.25, 0.3) is 0 Å². The lowest BCUT2D eigenvalue weighted by Crippen LogP contribution is -2.12. The number of hydrogen-bond donors (Lipinski definition) is 1. The van der Waals surface area contributed by atoms with Crippen LogP contribution in [0.25, 0.3) is 0 Å². The van der Waals surface area contributed by atoms with Crippen molar-refractivity contribution in [3.8, 4) is 5.88 Å². The average molecular weight is 325 g/mol. The molecule has 0 spiro atoms. The number of hydrogen-bond acceptors (Lipinski definition) is 4. The molecule has 0 atom stereocenters. The lowest BCUT2D eigenvalue weighted by Gasteiger charge is -2.13. The number of aromatic carboxylic acids is 1. The Morgan fingerprint density at radius 1 is 1.41 bits per heavy atom. The molecular weight excluding hydrogens is 311 g/mol. The number of benzene rings is 1. The van der Waals surface area contributed by atoms with Gasteiger partial charge in [0.1, 0.15) is 5.82 Å². The highest BCUT2D eigenvalue weighted by molar-refractivity contribution is 6.31. The smallest absolute Gasteiger partial charge is 0.374 e. The lowest BCUT2D eigenvalue weighted by molar-refractivity contribution is 0.0681. The summed E-state index contributed by atoms with van der Waals surface area (Å²) in [4.78, 5) is 19.0. The van der Waals surface area contributed by atoms with E-state index in [-0.39, 0.29) is 16.7 Å². The number of aryl methyl sites for hydroxylation is 1. The van der Waals surface area contributed by atoms with E-state index in [0.29, 0.717) is 29.7 Å². The summed E-state index contributed by atoms with van der Waals surface area (Å²) in [7, 11) is 1.41. The minimum atomic E-state index is -1.22. The van der Waals surface area contributed by atoms with Crippen LogP contribution in [0, 0.1) is 5.82 Å². The van der Waals surface area contributed by atoms with Crippen LogP contribution in [0.3, 0.4) is 0 Å². The number of nitrogens with zero attached hydrogens (tertiary/aromatic N) is 2. The van der Waals surface area contributed by atoms with Gasteiger partial charge in [0.05, 0.1) is 12.8 Å². The second kappa shape index (κ2) is 6.70. The van der Waals surface area contributed by atoms with Gasteiger partial charge in [0.2, 0.25) is 11.7 Å². The van der Waals surface area contributed by atoms with E-state index >= 15 is 0 Å². The third kappa shape index (κ3) is 3.33. The molecule has 0 aliphatic rings. The molecule has 2 rings (SSSR count). The second-order valence-corrected chi connectivity index (χ2v) is 4.96. The number of aromatic nitrogens is 2. The first-order valence-electron chi connectivity index (χ1n) is 6.57. The monoisotopic (exact) mass is 324 g/mol. The Labute approximate surface area is 131 Å². The summed E-state index contributed by atoms with van der Waals surface area (Å²) >= 11 is 6.04. The molecule has 1 heterocycles. The fourth-order valence-corrected chi connectivity index (χ4v) is 2.33. The van der Waals surface area contributed by atoms with Crippen LogP contribution < -0.4 is 4.74 Å². The molecule has 0 amide bonds. The molecule has 2 aromatic rings. The van der Waals surface area contributed by atoms with Gasteiger partial charge in [0, 0.05) is 17.0 Å². The molecule has 0 saturated carbocycles. The van der Waals surface area contributed by atoms with Gasteiger partial charge in [-0.1, -0.05) is 24.6 Å². The zero-order valence-electron chi connectivity index (χ0n) is 12.1. The minimum Gasteiger partial charge on any atom is -0.481 e. The minimum absolute atomic E-state index is 0.185. The summed E-state index contributed by atoms with van der Waals surface area (Å²) in [5.41, 5.74) is 1.89. The van der Waals surface area contributed by atoms with Crippen LogP contribution in [0.2, 0.25) is 5.02 Å². The number of rotatable bonds is 5. The van der Waals surface area contributed by atoms with Crippen LogP contribution in [0.5, 0.6) is 5.88 Å². The van der Waals surface area contributed by atoms with Gasteiger partial charge in [-0.2, -0.15) is 4.98 Å². The zero-order chi connectivity index (χ0) is 16.3. The highest BCUT2D eigenvalue weighted by atomic mass is 35.5. The van der Waals surface area contributed by atoms with Crippen LogP contribution in [0.4, 0.5) is 4.39 Å². The molecule has 1 aromatic heterocycles. The van der Waals surface area contributed by atoms with Gasteiger partial charge >= 0.3 is 5.97 Å². The molecule has 22 heavy (non-hydrogen) atoms. The van der Waals surface area contributed by atoms with E-state index in [2.05, 4.69) is 9.97 Å². The molecular formula is C15H14ClFN2O3. The van der Waals surface area contributed by atoms with Crippen molar-refractivity contribution in [1.82, 2.24) is 9.97 Å². The van der Waals surface area contributed by atoms with E-state index in [9.17, 15) is 9.18 Å².